The van der Waals surface area contributed by atoms with Gasteiger partial charge < -0.3 is 4.57 Å². The smallest absolute Gasteiger partial charge is 0.233 e. The molecular weight excluding hydrogens is 310 g/mol. The molecule has 0 amide bonds. The van der Waals surface area contributed by atoms with Gasteiger partial charge in [-0.05, 0) is 30.9 Å². The number of aromatic nitrogens is 2. The molecule has 0 radical (unpaired) electrons. The van der Waals surface area contributed by atoms with E-state index in [0.29, 0.717) is 12.5 Å². The number of fused-ring (bicyclic) bond motifs is 1. The largest absolute Gasteiger partial charge is 0.335 e. The SMILES string of the molecule is Cc1ccc(/C=C/S(=O)(=O)NCC2CCc3nccn3C2)cc1. The lowest BCUT2D eigenvalue weighted by molar-refractivity contribution is 0.364. The first-order valence-corrected chi connectivity index (χ1v) is 9.31. The van der Waals surface area contributed by atoms with E-state index >= 15 is 0 Å². The molecule has 3 rings (SSSR count). The van der Waals surface area contributed by atoms with Crippen molar-refractivity contribution < 1.29 is 8.42 Å². The lowest BCUT2D eigenvalue weighted by Crippen LogP contribution is -2.32. The molecule has 1 aromatic heterocycles. The van der Waals surface area contributed by atoms with Gasteiger partial charge in [0.05, 0.1) is 0 Å². The normalized spacial score (nSPS) is 18.2. The van der Waals surface area contributed by atoms with Crippen LogP contribution in [0.3, 0.4) is 0 Å². The number of nitrogens with one attached hydrogen (secondary N) is 1. The Morgan fingerprint density at radius 3 is 2.91 bits per heavy atom. The zero-order chi connectivity index (χ0) is 16.3. The summed E-state index contributed by atoms with van der Waals surface area (Å²) in [6.45, 7) is 3.28. The topological polar surface area (TPSA) is 64.0 Å². The molecule has 0 fully saturated rings. The van der Waals surface area contributed by atoms with Gasteiger partial charge in [0, 0.05) is 37.3 Å². The molecule has 1 unspecified atom stereocenters. The van der Waals surface area contributed by atoms with Crippen molar-refractivity contribution in [1.82, 2.24) is 14.3 Å². The molecule has 0 bridgehead atoms. The molecule has 122 valence electrons. The number of hydrogen-bond donors (Lipinski definition) is 1. The number of rotatable bonds is 5. The molecule has 6 heteroatoms. The van der Waals surface area contributed by atoms with Crippen molar-refractivity contribution in [2.45, 2.75) is 26.3 Å². The van der Waals surface area contributed by atoms with Crippen LogP contribution < -0.4 is 4.72 Å². The summed E-state index contributed by atoms with van der Waals surface area (Å²) in [5.74, 6) is 1.39. The lowest BCUT2D eigenvalue weighted by Gasteiger charge is -2.23. The first-order valence-electron chi connectivity index (χ1n) is 7.76. The van der Waals surface area contributed by atoms with Gasteiger partial charge in [-0.15, -0.1) is 0 Å². The Balaban J connectivity index is 1.56. The maximum Gasteiger partial charge on any atom is 0.233 e. The van der Waals surface area contributed by atoms with Gasteiger partial charge >= 0.3 is 0 Å². The van der Waals surface area contributed by atoms with Gasteiger partial charge in [0.2, 0.25) is 10.0 Å². The molecule has 23 heavy (non-hydrogen) atoms. The van der Waals surface area contributed by atoms with Gasteiger partial charge in [0.15, 0.2) is 0 Å². The average Bonchev–Trinajstić information content (AvgIpc) is 3.00. The second-order valence-electron chi connectivity index (χ2n) is 6.01. The Bertz CT molecular complexity index is 792. The summed E-state index contributed by atoms with van der Waals surface area (Å²) in [6.07, 6.45) is 7.23. The van der Waals surface area contributed by atoms with Crippen LogP contribution in [0.2, 0.25) is 0 Å². The lowest BCUT2D eigenvalue weighted by atomic mass is 10.00. The molecule has 0 spiro atoms. The van der Waals surface area contributed by atoms with Crippen LogP contribution in [0.5, 0.6) is 0 Å². The van der Waals surface area contributed by atoms with E-state index in [1.54, 1.807) is 12.3 Å². The Kier molecular flexibility index (Phi) is 4.63. The summed E-state index contributed by atoms with van der Waals surface area (Å²) in [5.41, 5.74) is 2.03. The summed E-state index contributed by atoms with van der Waals surface area (Å²) in [6, 6.07) is 7.74. The van der Waals surface area contributed by atoms with Crippen LogP contribution in [0, 0.1) is 12.8 Å². The zero-order valence-corrected chi connectivity index (χ0v) is 14.0. The number of imidazole rings is 1. The van der Waals surface area contributed by atoms with E-state index in [2.05, 4.69) is 14.3 Å². The van der Waals surface area contributed by atoms with Crippen LogP contribution in [0.15, 0.2) is 42.1 Å². The van der Waals surface area contributed by atoms with Gasteiger partial charge in [0.25, 0.3) is 0 Å². The second kappa shape index (κ2) is 6.68. The Hall–Kier alpha value is -1.92. The molecule has 1 N–H and O–H groups in total. The quantitative estimate of drug-likeness (QED) is 0.915. The molecule has 0 aliphatic carbocycles. The van der Waals surface area contributed by atoms with E-state index in [1.807, 2.05) is 37.4 Å². The number of hydrogen-bond acceptors (Lipinski definition) is 3. The van der Waals surface area contributed by atoms with E-state index in [4.69, 9.17) is 0 Å². The summed E-state index contributed by atoms with van der Waals surface area (Å²) in [4.78, 5) is 4.28. The van der Waals surface area contributed by atoms with Crippen LogP contribution in [0.1, 0.15) is 23.4 Å². The van der Waals surface area contributed by atoms with Crippen molar-refractivity contribution in [2.24, 2.45) is 5.92 Å². The molecule has 2 aromatic rings. The predicted octanol–water partition coefficient (Wildman–Crippen LogP) is 2.34. The molecule has 5 nitrogen and oxygen atoms in total. The van der Waals surface area contributed by atoms with Crippen LogP contribution in [0.4, 0.5) is 0 Å². The highest BCUT2D eigenvalue weighted by atomic mass is 32.2. The third kappa shape index (κ3) is 4.30. The summed E-state index contributed by atoms with van der Waals surface area (Å²) in [5, 5.41) is 1.24. The number of aryl methyl sites for hydroxylation is 2. The van der Waals surface area contributed by atoms with Crippen molar-refractivity contribution in [3.8, 4) is 0 Å². The highest BCUT2D eigenvalue weighted by molar-refractivity contribution is 7.92. The standard InChI is InChI=1S/C17H21N3O2S/c1-14-2-4-15(5-3-14)8-11-23(21,22)19-12-16-6-7-17-18-9-10-20(17)13-16/h2-5,8-11,16,19H,6-7,12-13H2,1H3/b11-8+. The number of benzene rings is 1. The second-order valence-corrected chi connectivity index (χ2v) is 7.66. The molecular formula is C17H21N3O2S. The van der Waals surface area contributed by atoms with E-state index in [1.165, 1.54) is 5.41 Å². The minimum atomic E-state index is -3.41. The minimum absolute atomic E-state index is 0.305. The Labute approximate surface area is 137 Å². The van der Waals surface area contributed by atoms with E-state index in [0.717, 1.165) is 36.3 Å². The average molecular weight is 331 g/mol. The van der Waals surface area contributed by atoms with Crippen molar-refractivity contribution in [1.29, 1.82) is 0 Å². The van der Waals surface area contributed by atoms with Crippen LogP contribution in [-0.4, -0.2) is 24.5 Å². The fourth-order valence-electron chi connectivity index (χ4n) is 2.73. The van der Waals surface area contributed by atoms with E-state index < -0.39 is 10.0 Å². The zero-order valence-electron chi connectivity index (χ0n) is 13.1. The van der Waals surface area contributed by atoms with Gasteiger partial charge in [0.1, 0.15) is 5.82 Å². The third-order valence-electron chi connectivity index (χ3n) is 4.12. The van der Waals surface area contributed by atoms with E-state index in [9.17, 15) is 8.42 Å². The Morgan fingerprint density at radius 2 is 2.13 bits per heavy atom. The maximum atomic E-state index is 12.1. The fourth-order valence-corrected chi connectivity index (χ4v) is 3.63. The first-order chi connectivity index (χ1) is 11.0. The third-order valence-corrected chi connectivity index (χ3v) is 5.19. The van der Waals surface area contributed by atoms with Crippen LogP contribution >= 0.6 is 0 Å². The summed E-state index contributed by atoms with van der Waals surface area (Å²) < 4.78 is 29.0. The maximum absolute atomic E-state index is 12.1. The highest BCUT2D eigenvalue weighted by Gasteiger charge is 2.20. The fraction of sp³-hybridized carbons (Fsp3) is 0.353. The minimum Gasteiger partial charge on any atom is -0.335 e. The predicted molar refractivity (Wildman–Crippen MR) is 91.2 cm³/mol. The van der Waals surface area contributed by atoms with Gasteiger partial charge in [-0.25, -0.2) is 18.1 Å². The summed E-state index contributed by atoms with van der Waals surface area (Å²) >= 11 is 0. The molecule has 1 aliphatic rings. The molecule has 0 saturated heterocycles. The number of sulfonamides is 1. The summed E-state index contributed by atoms with van der Waals surface area (Å²) in [7, 11) is -3.41. The monoisotopic (exact) mass is 331 g/mol. The molecule has 2 heterocycles. The van der Waals surface area contributed by atoms with Gasteiger partial charge in [-0.1, -0.05) is 29.8 Å². The van der Waals surface area contributed by atoms with Gasteiger partial charge in [-0.3, -0.25) is 0 Å². The molecule has 1 atom stereocenters. The van der Waals surface area contributed by atoms with Crippen molar-refractivity contribution in [2.75, 3.05) is 6.54 Å². The van der Waals surface area contributed by atoms with Crippen molar-refractivity contribution >= 4 is 16.1 Å². The molecule has 1 aliphatic heterocycles. The van der Waals surface area contributed by atoms with Crippen molar-refractivity contribution in [3.05, 3.63) is 59.0 Å². The molecule has 0 saturated carbocycles. The number of nitrogens with zero attached hydrogens (tertiary/aromatic N) is 2. The van der Waals surface area contributed by atoms with Gasteiger partial charge in [-0.2, -0.15) is 0 Å². The Morgan fingerprint density at radius 1 is 1.35 bits per heavy atom. The molecule has 1 aromatic carbocycles. The first kappa shape index (κ1) is 16.0. The van der Waals surface area contributed by atoms with Crippen molar-refractivity contribution in [3.63, 3.8) is 0 Å². The highest BCUT2D eigenvalue weighted by Crippen LogP contribution is 2.18. The van der Waals surface area contributed by atoms with E-state index in [-0.39, 0.29) is 0 Å². The van der Waals surface area contributed by atoms with Crippen LogP contribution in [0.25, 0.3) is 6.08 Å². The van der Waals surface area contributed by atoms with Crippen LogP contribution in [-0.2, 0) is 23.0 Å².